The maximum Gasteiger partial charge on any atom is 0.223 e. The van der Waals surface area contributed by atoms with E-state index in [0.29, 0.717) is 30.3 Å². The van der Waals surface area contributed by atoms with Gasteiger partial charge in [0.15, 0.2) is 0 Å². The zero-order valence-corrected chi connectivity index (χ0v) is 12.7. The first-order valence-corrected chi connectivity index (χ1v) is 7.71. The summed E-state index contributed by atoms with van der Waals surface area (Å²) in [6.07, 6.45) is 3.41. The molecule has 0 saturated carbocycles. The van der Waals surface area contributed by atoms with Gasteiger partial charge in [0.1, 0.15) is 11.6 Å². The molecule has 0 atom stereocenters. The number of nitrogens with two attached hydrogens (primary N) is 1. The molecule has 2 rings (SSSR count). The van der Waals surface area contributed by atoms with Crippen molar-refractivity contribution in [2.75, 3.05) is 18.4 Å². The second kappa shape index (κ2) is 7.67. The summed E-state index contributed by atoms with van der Waals surface area (Å²) in [6, 6.07) is 3.97. The standard InChI is InChI=1S/C14H18N6S/c1-2-10-9-21-13(19-10)11(8-16)12-4-7-18-14(20-12)17-6-3-5-15/h4,7,9,19H,2-3,5-6,15H2,1H3,(H,17,18,20). The molecule has 0 saturated heterocycles. The lowest BCUT2D eigenvalue weighted by molar-refractivity contribution is 0.863. The maximum absolute atomic E-state index is 9.42. The average molecular weight is 302 g/mol. The number of hydrogen-bond acceptors (Lipinski definition) is 7. The third-order valence-electron chi connectivity index (χ3n) is 2.89. The third-order valence-corrected chi connectivity index (χ3v) is 3.83. The molecule has 0 bridgehead atoms. The summed E-state index contributed by atoms with van der Waals surface area (Å²) in [7, 11) is 0. The number of nitrogens with zero attached hydrogens (tertiary/aromatic N) is 3. The molecule has 0 aliphatic carbocycles. The molecule has 1 aromatic rings. The van der Waals surface area contributed by atoms with Crippen LogP contribution in [0.4, 0.5) is 5.95 Å². The summed E-state index contributed by atoms with van der Waals surface area (Å²) < 4.78 is 0. The molecule has 1 aliphatic rings. The average Bonchev–Trinajstić information content (AvgIpc) is 2.98. The summed E-state index contributed by atoms with van der Waals surface area (Å²) in [4.78, 5) is 8.54. The molecular formula is C14H18N6S. The molecule has 0 unspecified atom stereocenters. The van der Waals surface area contributed by atoms with Gasteiger partial charge in [-0.2, -0.15) is 5.26 Å². The van der Waals surface area contributed by atoms with E-state index in [-0.39, 0.29) is 0 Å². The van der Waals surface area contributed by atoms with E-state index in [1.165, 1.54) is 11.8 Å². The molecule has 0 radical (unpaired) electrons. The number of aromatic nitrogens is 2. The van der Waals surface area contributed by atoms with Crippen LogP contribution in [0, 0.1) is 11.3 Å². The van der Waals surface area contributed by atoms with E-state index in [0.717, 1.165) is 23.6 Å². The second-order valence-corrected chi connectivity index (χ2v) is 5.27. The highest BCUT2D eigenvalue weighted by atomic mass is 32.2. The van der Waals surface area contributed by atoms with Crippen molar-refractivity contribution in [2.45, 2.75) is 19.8 Å². The minimum absolute atomic E-state index is 0.515. The fourth-order valence-electron chi connectivity index (χ4n) is 1.74. The first kappa shape index (κ1) is 15.4. The molecule has 2 heterocycles. The van der Waals surface area contributed by atoms with E-state index >= 15 is 0 Å². The number of rotatable bonds is 6. The molecule has 4 N–H and O–H groups in total. The highest BCUT2D eigenvalue weighted by Gasteiger charge is 2.16. The largest absolute Gasteiger partial charge is 0.354 e. The van der Waals surface area contributed by atoms with Crippen LogP contribution in [-0.4, -0.2) is 23.1 Å². The van der Waals surface area contributed by atoms with Crippen LogP contribution in [0.5, 0.6) is 0 Å². The van der Waals surface area contributed by atoms with E-state index in [9.17, 15) is 5.26 Å². The third kappa shape index (κ3) is 3.97. The van der Waals surface area contributed by atoms with E-state index in [4.69, 9.17) is 5.73 Å². The Bertz CT molecular complexity index is 602. The van der Waals surface area contributed by atoms with E-state index in [2.05, 4.69) is 33.6 Å². The van der Waals surface area contributed by atoms with Crippen molar-refractivity contribution >= 4 is 23.3 Å². The summed E-state index contributed by atoms with van der Waals surface area (Å²) in [5, 5.41) is 18.6. The number of nitriles is 1. The van der Waals surface area contributed by atoms with Gasteiger partial charge in [-0.05, 0) is 30.9 Å². The Morgan fingerprint density at radius 1 is 1.57 bits per heavy atom. The highest BCUT2D eigenvalue weighted by Crippen LogP contribution is 2.31. The lowest BCUT2D eigenvalue weighted by atomic mass is 10.2. The van der Waals surface area contributed by atoms with Gasteiger partial charge in [0.2, 0.25) is 5.95 Å². The first-order valence-electron chi connectivity index (χ1n) is 6.83. The van der Waals surface area contributed by atoms with E-state index in [1.807, 2.05) is 5.41 Å². The smallest absolute Gasteiger partial charge is 0.223 e. The molecule has 0 amide bonds. The van der Waals surface area contributed by atoms with Crippen LogP contribution in [-0.2, 0) is 0 Å². The number of thioether (sulfide) groups is 1. The molecule has 0 fully saturated rings. The van der Waals surface area contributed by atoms with Crippen molar-refractivity contribution in [3.63, 3.8) is 0 Å². The van der Waals surface area contributed by atoms with E-state index in [1.54, 1.807) is 12.3 Å². The zero-order chi connectivity index (χ0) is 15.1. The number of allylic oxidation sites excluding steroid dienone is 2. The molecule has 1 aromatic heterocycles. The van der Waals surface area contributed by atoms with Crippen LogP contribution in [0.2, 0.25) is 0 Å². The van der Waals surface area contributed by atoms with Crippen LogP contribution < -0.4 is 16.4 Å². The van der Waals surface area contributed by atoms with E-state index < -0.39 is 0 Å². The Morgan fingerprint density at radius 2 is 2.43 bits per heavy atom. The molecule has 0 spiro atoms. The zero-order valence-electron chi connectivity index (χ0n) is 11.9. The summed E-state index contributed by atoms with van der Waals surface area (Å²) in [5.74, 6) is 0.515. The van der Waals surface area contributed by atoms with Crippen molar-refractivity contribution < 1.29 is 0 Å². The predicted molar refractivity (Wildman–Crippen MR) is 85.8 cm³/mol. The fraction of sp³-hybridized carbons (Fsp3) is 0.357. The minimum Gasteiger partial charge on any atom is -0.354 e. The fourth-order valence-corrected chi connectivity index (χ4v) is 2.68. The van der Waals surface area contributed by atoms with Gasteiger partial charge < -0.3 is 16.4 Å². The molecule has 110 valence electrons. The summed E-state index contributed by atoms with van der Waals surface area (Å²) in [6.45, 7) is 3.40. The van der Waals surface area contributed by atoms with Crippen molar-refractivity contribution in [1.29, 1.82) is 5.26 Å². The van der Waals surface area contributed by atoms with Gasteiger partial charge in [-0.3, -0.25) is 0 Å². The van der Waals surface area contributed by atoms with Gasteiger partial charge in [0.05, 0.1) is 10.7 Å². The van der Waals surface area contributed by atoms with Crippen molar-refractivity contribution in [3.05, 3.63) is 34.1 Å². The van der Waals surface area contributed by atoms with Gasteiger partial charge in [-0.25, -0.2) is 9.97 Å². The molecule has 0 aromatic carbocycles. The Kier molecular flexibility index (Phi) is 5.60. The van der Waals surface area contributed by atoms with Crippen molar-refractivity contribution in [2.24, 2.45) is 5.73 Å². The normalized spacial score (nSPS) is 16.0. The highest BCUT2D eigenvalue weighted by molar-refractivity contribution is 8.06. The second-order valence-electron chi connectivity index (χ2n) is 4.39. The minimum atomic E-state index is 0.515. The molecule has 6 nitrogen and oxygen atoms in total. The van der Waals surface area contributed by atoms with Crippen LogP contribution in [0.1, 0.15) is 25.5 Å². The van der Waals surface area contributed by atoms with Gasteiger partial charge >= 0.3 is 0 Å². The predicted octanol–water partition coefficient (Wildman–Crippen LogP) is 2.02. The molecule has 7 heteroatoms. The van der Waals surface area contributed by atoms with Crippen LogP contribution in [0.25, 0.3) is 5.57 Å². The Hall–Kier alpha value is -2.04. The van der Waals surface area contributed by atoms with Crippen LogP contribution >= 0.6 is 11.8 Å². The monoisotopic (exact) mass is 302 g/mol. The Balaban J connectivity index is 2.18. The van der Waals surface area contributed by atoms with Gasteiger partial charge in [0.25, 0.3) is 0 Å². The molecular weight excluding hydrogens is 284 g/mol. The number of anilines is 1. The Labute approximate surface area is 128 Å². The number of nitrogens with one attached hydrogen (secondary N) is 2. The SMILES string of the molecule is CCC1=CSC(=C(C#N)c2ccnc(NCCCN)n2)N1. The lowest BCUT2D eigenvalue weighted by Crippen LogP contribution is -2.11. The van der Waals surface area contributed by atoms with Crippen LogP contribution in [0.15, 0.2) is 28.4 Å². The van der Waals surface area contributed by atoms with Gasteiger partial charge in [0, 0.05) is 18.4 Å². The Morgan fingerprint density at radius 3 is 3.10 bits per heavy atom. The first-order chi connectivity index (χ1) is 10.3. The quantitative estimate of drug-likeness (QED) is 0.546. The maximum atomic E-state index is 9.42. The summed E-state index contributed by atoms with van der Waals surface area (Å²) in [5.41, 5.74) is 7.71. The van der Waals surface area contributed by atoms with Gasteiger partial charge in [-0.15, -0.1) is 0 Å². The summed E-state index contributed by atoms with van der Waals surface area (Å²) >= 11 is 1.52. The van der Waals surface area contributed by atoms with Crippen molar-refractivity contribution in [1.82, 2.24) is 15.3 Å². The molecule has 1 aliphatic heterocycles. The number of hydrogen-bond donors (Lipinski definition) is 3. The van der Waals surface area contributed by atoms with Crippen molar-refractivity contribution in [3.8, 4) is 6.07 Å². The van der Waals surface area contributed by atoms with Crippen LogP contribution in [0.3, 0.4) is 0 Å². The van der Waals surface area contributed by atoms with Gasteiger partial charge in [-0.1, -0.05) is 18.7 Å². The topological polar surface area (TPSA) is 99.7 Å². The lowest BCUT2D eigenvalue weighted by Gasteiger charge is -2.08. The molecule has 21 heavy (non-hydrogen) atoms.